The number of amides is 1. The average molecular weight is 219 g/mol. The Morgan fingerprint density at radius 1 is 1.50 bits per heavy atom. The first-order valence-corrected chi connectivity index (χ1v) is 5.28. The maximum absolute atomic E-state index is 11.0. The van der Waals surface area contributed by atoms with Gasteiger partial charge in [-0.1, -0.05) is 36.9 Å². The number of nitrogens with one attached hydrogen (secondary N) is 1. The van der Waals surface area contributed by atoms with Gasteiger partial charge in [0.25, 0.3) is 0 Å². The zero-order valence-electron chi connectivity index (χ0n) is 9.39. The summed E-state index contributed by atoms with van der Waals surface area (Å²) in [6, 6.07) is 9.39. The molecule has 1 aromatic rings. The fraction of sp³-hybridized carbons (Fsp3) is 0.308. The van der Waals surface area contributed by atoms with Crippen molar-refractivity contribution in [2.45, 2.75) is 25.5 Å². The Bertz CT molecular complexity index is 348. The summed E-state index contributed by atoms with van der Waals surface area (Å²) in [5.41, 5.74) is 1.05. The Balaban J connectivity index is 2.49. The molecule has 0 heterocycles. The first-order chi connectivity index (χ1) is 7.63. The van der Waals surface area contributed by atoms with E-state index in [1.54, 1.807) is 6.92 Å². The monoisotopic (exact) mass is 219 g/mol. The number of hydrogen-bond donors (Lipinski definition) is 2. The number of aliphatic hydroxyl groups is 1. The number of benzene rings is 1. The van der Waals surface area contributed by atoms with E-state index in [1.807, 2.05) is 30.3 Å². The Morgan fingerprint density at radius 3 is 2.69 bits per heavy atom. The van der Waals surface area contributed by atoms with E-state index in [2.05, 4.69) is 11.9 Å². The number of carbonyl (C=O) groups is 1. The minimum atomic E-state index is -0.591. The molecule has 0 radical (unpaired) electrons. The standard InChI is InChI=1S/C13H17NO2/c1-3-13(16)14-10(2)12(15)9-11-7-5-4-6-8-11/h3-8,10,12,15H,1,9H2,2H3,(H,14,16). The van der Waals surface area contributed by atoms with Crippen molar-refractivity contribution in [1.82, 2.24) is 5.32 Å². The molecule has 0 spiro atoms. The first kappa shape index (κ1) is 12.5. The van der Waals surface area contributed by atoms with Crippen LogP contribution >= 0.6 is 0 Å². The van der Waals surface area contributed by atoms with Gasteiger partial charge in [-0.3, -0.25) is 4.79 Å². The third-order valence-electron chi connectivity index (χ3n) is 2.42. The van der Waals surface area contributed by atoms with Crippen LogP contribution in [0.5, 0.6) is 0 Å². The molecule has 2 N–H and O–H groups in total. The van der Waals surface area contributed by atoms with Gasteiger partial charge in [-0.2, -0.15) is 0 Å². The molecule has 16 heavy (non-hydrogen) atoms. The molecule has 0 fully saturated rings. The van der Waals surface area contributed by atoms with Gasteiger partial charge in [0.2, 0.25) is 5.91 Å². The van der Waals surface area contributed by atoms with Crippen molar-refractivity contribution in [2.75, 3.05) is 0 Å². The van der Waals surface area contributed by atoms with Gasteiger partial charge in [-0.15, -0.1) is 0 Å². The molecule has 0 saturated carbocycles. The van der Waals surface area contributed by atoms with E-state index in [4.69, 9.17) is 0 Å². The van der Waals surface area contributed by atoms with Crippen LogP contribution in [0, 0.1) is 0 Å². The highest BCUT2D eigenvalue weighted by Crippen LogP contribution is 2.05. The van der Waals surface area contributed by atoms with E-state index in [9.17, 15) is 9.90 Å². The first-order valence-electron chi connectivity index (χ1n) is 5.28. The topological polar surface area (TPSA) is 49.3 Å². The van der Waals surface area contributed by atoms with E-state index < -0.39 is 6.10 Å². The maximum atomic E-state index is 11.0. The van der Waals surface area contributed by atoms with Crippen LogP contribution in [0.3, 0.4) is 0 Å². The molecule has 2 unspecified atom stereocenters. The van der Waals surface area contributed by atoms with Gasteiger partial charge >= 0.3 is 0 Å². The van der Waals surface area contributed by atoms with Crippen LogP contribution in [0.25, 0.3) is 0 Å². The van der Waals surface area contributed by atoms with Crippen LogP contribution in [-0.4, -0.2) is 23.2 Å². The second kappa shape index (κ2) is 6.08. The van der Waals surface area contributed by atoms with Crippen molar-refractivity contribution in [3.8, 4) is 0 Å². The molecule has 86 valence electrons. The fourth-order valence-corrected chi connectivity index (χ4v) is 1.41. The molecule has 1 amide bonds. The average Bonchev–Trinajstić information content (AvgIpc) is 2.30. The van der Waals surface area contributed by atoms with Crippen LogP contribution < -0.4 is 5.32 Å². The van der Waals surface area contributed by atoms with Crippen molar-refractivity contribution < 1.29 is 9.90 Å². The zero-order chi connectivity index (χ0) is 12.0. The van der Waals surface area contributed by atoms with Gasteiger partial charge in [-0.25, -0.2) is 0 Å². The minimum Gasteiger partial charge on any atom is -0.391 e. The van der Waals surface area contributed by atoms with E-state index in [0.717, 1.165) is 5.56 Å². The summed E-state index contributed by atoms with van der Waals surface area (Å²) in [4.78, 5) is 11.0. The number of hydrogen-bond acceptors (Lipinski definition) is 2. The van der Waals surface area contributed by atoms with E-state index in [-0.39, 0.29) is 11.9 Å². The molecular formula is C13H17NO2. The number of rotatable bonds is 5. The Kier molecular flexibility index (Phi) is 4.73. The summed E-state index contributed by atoms with van der Waals surface area (Å²) in [5.74, 6) is -0.264. The summed E-state index contributed by atoms with van der Waals surface area (Å²) in [7, 11) is 0. The van der Waals surface area contributed by atoms with E-state index >= 15 is 0 Å². The van der Waals surface area contributed by atoms with Crippen LogP contribution in [0.15, 0.2) is 43.0 Å². The summed E-state index contributed by atoms with van der Waals surface area (Å²) in [5, 5.41) is 12.5. The quantitative estimate of drug-likeness (QED) is 0.733. The third-order valence-corrected chi connectivity index (χ3v) is 2.42. The summed E-state index contributed by atoms with van der Waals surface area (Å²) in [6.45, 7) is 5.14. The van der Waals surface area contributed by atoms with E-state index in [1.165, 1.54) is 6.08 Å². The normalized spacial score (nSPS) is 13.9. The molecule has 3 nitrogen and oxygen atoms in total. The van der Waals surface area contributed by atoms with Gasteiger partial charge in [0.1, 0.15) is 0 Å². The lowest BCUT2D eigenvalue weighted by atomic mass is 10.0. The Morgan fingerprint density at radius 2 is 2.12 bits per heavy atom. The Labute approximate surface area is 95.8 Å². The van der Waals surface area contributed by atoms with Crippen LogP contribution in [0.1, 0.15) is 12.5 Å². The number of carbonyl (C=O) groups excluding carboxylic acids is 1. The smallest absolute Gasteiger partial charge is 0.243 e. The summed E-state index contributed by atoms with van der Waals surface area (Å²) in [6.07, 6.45) is 1.14. The predicted octanol–water partition coefficient (Wildman–Crippen LogP) is 1.28. The molecule has 0 bridgehead atoms. The SMILES string of the molecule is C=CC(=O)NC(C)C(O)Cc1ccccc1. The van der Waals surface area contributed by atoms with Crippen molar-refractivity contribution in [2.24, 2.45) is 0 Å². The molecule has 2 atom stereocenters. The molecule has 1 aromatic carbocycles. The lowest BCUT2D eigenvalue weighted by molar-refractivity contribution is -0.117. The molecule has 0 aromatic heterocycles. The summed E-state index contributed by atoms with van der Waals surface area (Å²) < 4.78 is 0. The van der Waals surface area contributed by atoms with Gasteiger partial charge < -0.3 is 10.4 Å². The third kappa shape index (κ3) is 3.87. The van der Waals surface area contributed by atoms with Gasteiger partial charge in [0.15, 0.2) is 0 Å². The molecule has 3 heteroatoms. The second-order valence-electron chi connectivity index (χ2n) is 3.76. The van der Waals surface area contributed by atoms with Crippen molar-refractivity contribution in [1.29, 1.82) is 0 Å². The lowest BCUT2D eigenvalue weighted by Crippen LogP contribution is -2.41. The summed E-state index contributed by atoms with van der Waals surface area (Å²) >= 11 is 0. The maximum Gasteiger partial charge on any atom is 0.243 e. The molecule has 0 saturated heterocycles. The van der Waals surface area contributed by atoms with Crippen molar-refractivity contribution in [3.05, 3.63) is 48.6 Å². The van der Waals surface area contributed by atoms with Crippen LogP contribution in [0.4, 0.5) is 0 Å². The molecular weight excluding hydrogens is 202 g/mol. The fourth-order valence-electron chi connectivity index (χ4n) is 1.41. The van der Waals surface area contributed by atoms with Gasteiger partial charge in [0, 0.05) is 6.42 Å². The minimum absolute atomic E-state index is 0.264. The Hall–Kier alpha value is -1.61. The highest BCUT2D eigenvalue weighted by Gasteiger charge is 2.15. The van der Waals surface area contributed by atoms with Crippen molar-refractivity contribution >= 4 is 5.91 Å². The highest BCUT2D eigenvalue weighted by molar-refractivity contribution is 5.87. The van der Waals surface area contributed by atoms with Crippen LogP contribution in [-0.2, 0) is 11.2 Å². The zero-order valence-corrected chi connectivity index (χ0v) is 9.39. The largest absolute Gasteiger partial charge is 0.391 e. The van der Waals surface area contributed by atoms with Crippen molar-refractivity contribution in [3.63, 3.8) is 0 Å². The molecule has 0 aliphatic carbocycles. The molecule has 1 rings (SSSR count). The van der Waals surface area contributed by atoms with Crippen LogP contribution in [0.2, 0.25) is 0 Å². The van der Waals surface area contributed by atoms with E-state index in [0.29, 0.717) is 6.42 Å². The van der Waals surface area contributed by atoms with Gasteiger partial charge in [-0.05, 0) is 18.6 Å². The molecule has 0 aliphatic rings. The lowest BCUT2D eigenvalue weighted by Gasteiger charge is -2.19. The molecule has 0 aliphatic heterocycles. The number of aliphatic hydroxyl groups excluding tert-OH is 1. The van der Waals surface area contributed by atoms with Gasteiger partial charge in [0.05, 0.1) is 12.1 Å². The second-order valence-corrected chi connectivity index (χ2v) is 3.76. The highest BCUT2D eigenvalue weighted by atomic mass is 16.3. The predicted molar refractivity (Wildman–Crippen MR) is 64.0 cm³/mol.